The van der Waals surface area contributed by atoms with Gasteiger partial charge >= 0.3 is 0 Å². The molecule has 1 unspecified atom stereocenters. The van der Waals surface area contributed by atoms with Gasteiger partial charge in [0.25, 0.3) is 0 Å². The first-order valence-electron chi connectivity index (χ1n) is 5.14. The van der Waals surface area contributed by atoms with E-state index in [1.807, 2.05) is 11.8 Å². The molecule has 0 N–H and O–H groups in total. The van der Waals surface area contributed by atoms with Gasteiger partial charge in [-0.25, -0.2) is 0 Å². The van der Waals surface area contributed by atoms with Gasteiger partial charge in [0.1, 0.15) is 5.38 Å². The van der Waals surface area contributed by atoms with E-state index < -0.39 is 0 Å². The van der Waals surface area contributed by atoms with Gasteiger partial charge in [-0.1, -0.05) is 6.92 Å². The quantitative estimate of drug-likeness (QED) is 0.676. The van der Waals surface area contributed by atoms with E-state index in [0.717, 1.165) is 25.9 Å². The summed E-state index contributed by atoms with van der Waals surface area (Å²) in [5.74, 6) is 0.0729. The van der Waals surface area contributed by atoms with Crippen molar-refractivity contribution in [3.8, 4) is 0 Å². The van der Waals surface area contributed by atoms with Crippen molar-refractivity contribution in [2.45, 2.75) is 37.7 Å². The first-order chi connectivity index (χ1) is 6.69. The molecule has 3 nitrogen and oxygen atoms in total. The summed E-state index contributed by atoms with van der Waals surface area (Å²) in [5.41, 5.74) is 0. The van der Waals surface area contributed by atoms with Gasteiger partial charge in [-0.05, 0) is 19.3 Å². The van der Waals surface area contributed by atoms with Crippen LogP contribution in [0, 0.1) is 0 Å². The van der Waals surface area contributed by atoms with Gasteiger partial charge in [-0.15, -0.1) is 11.6 Å². The Bertz CT molecular complexity index is 191. The zero-order valence-electron chi connectivity index (χ0n) is 8.83. The maximum Gasteiger partial charge on any atom is 0.240 e. The number of carbonyl (C=O) groups excluding carboxylic acids is 1. The number of nitrogens with zero attached hydrogens (tertiary/aromatic N) is 1. The normalized spacial score (nSPS) is 20.9. The van der Waals surface area contributed by atoms with Crippen LogP contribution in [-0.2, 0) is 9.53 Å². The molecule has 0 saturated carbocycles. The fourth-order valence-electron chi connectivity index (χ4n) is 1.68. The highest BCUT2D eigenvalue weighted by Crippen LogP contribution is 2.16. The number of methoxy groups -OCH3 is 1. The lowest BCUT2D eigenvalue weighted by atomic mass is 10.1. The predicted octanol–water partition coefficient (Wildman–Crippen LogP) is 1.64. The molecule has 1 atom stereocenters. The van der Waals surface area contributed by atoms with Crippen molar-refractivity contribution in [2.24, 2.45) is 0 Å². The molecule has 1 aliphatic heterocycles. The number of ether oxygens (including phenoxy) is 1. The summed E-state index contributed by atoms with van der Waals surface area (Å²) in [7, 11) is 1.72. The van der Waals surface area contributed by atoms with Crippen molar-refractivity contribution in [3.63, 3.8) is 0 Å². The van der Waals surface area contributed by atoms with E-state index in [2.05, 4.69) is 0 Å². The van der Waals surface area contributed by atoms with Crippen LogP contribution in [-0.4, -0.2) is 42.5 Å². The lowest BCUT2D eigenvalue weighted by Crippen LogP contribution is -2.43. The molecule has 0 bridgehead atoms. The van der Waals surface area contributed by atoms with Gasteiger partial charge in [0.05, 0.1) is 6.10 Å². The van der Waals surface area contributed by atoms with Crippen LogP contribution in [0.4, 0.5) is 0 Å². The maximum absolute atomic E-state index is 11.7. The molecule has 1 aliphatic rings. The van der Waals surface area contributed by atoms with Crippen molar-refractivity contribution >= 4 is 17.5 Å². The van der Waals surface area contributed by atoms with Crippen LogP contribution < -0.4 is 0 Å². The van der Waals surface area contributed by atoms with Crippen LogP contribution in [0.2, 0.25) is 0 Å². The Balaban J connectivity index is 2.37. The second-order valence-corrected chi connectivity index (χ2v) is 4.16. The van der Waals surface area contributed by atoms with Gasteiger partial charge in [-0.3, -0.25) is 4.79 Å². The molecule has 0 radical (unpaired) electrons. The van der Waals surface area contributed by atoms with Gasteiger partial charge < -0.3 is 9.64 Å². The first kappa shape index (κ1) is 11.8. The van der Waals surface area contributed by atoms with Gasteiger partial charge in [0.2, 0.25) is 5.91 Å². The van der Waals surface area contributed by atoms with E-state index in [4.69, 9.17) is 16.3 Å². The van der Waals surface area contributed by atoms with E-state index in [-0.39, 0.29) is 11.3 Å². The highest BCUT2D eigenvalue weighted by molar-refractivity contribution is 6.30. The Morgan fingerprint density at radius 2 is 2.14 bits per heavy atom. The average Bonchev–Trinajstić information content (AvgIpc) is 2.27. The smallest absolute Gasteiger partial charge is 0.240 e. The number of rotatable bonds is 3. The number of hydrogen-bond donors (Lipinski definition) is 0. The molecular weight excluding hydrogens is 202 g/mol. The van der Waals surface area contributed by atoms with Crippen molar-refractivity contribution in [3.05, 3.63) is 0 Å². The Morgan fingerprint density at radius 1 is 1.57 bits per heavy atom. The number of likely N-dealkylation sites (tertiary alicyclic amines) is 1. The molecule has 0 aromatic carbocycles. The molecule has 14 heavy (non-hydrogen) atoms. The van der Waals surface area contributed by atoms with Crippen LogP contribution in [0.15, 0.2) is 0 Å². The summed E-state index contributed by atoms with van der Waals surface area (Å²) in [5, 5.41) is -0.353. The van der Waals surface area contributed by atoms with E-state index in [1.54, 1.807) is 7.11 Å². The molecular formula is C10H18ClNO2. The molecule has 1 heterocycles. The number of piperidine rings is 1. The molecule has 1 saturated heterocycles. The summed E-state index contributed by atoms with van der Waals surface area (Å²) in [4.78, 5) is 13.5. The summed E-state index contributed by atoms with van der Waals surface area (Å²) < 4.78 is 5.24. The third kappa shape index (κ3) is 2.85. The van der Waals surface area contributed by atoms with Gasteiger partial charge in [0, 0.05) is 20.2 Å². The van der Waals surface area contributed by atoms with Crippen LogP contribution in [0.1, 0.15) is 26.2 Å². The lowest BCUT2D eigenvalue weighted by molar-refractivity contribution is -0.133. The van der Waals surface area contributed by atoms with Crippen LogP contribution in [0.25, 0.3) is 0 Å². The highest BCUT2D eigenvalue weighted by Gasteiger charge is 2.25. The lowest BCUT2D eigenvalue weighted by Gasteiger charge is -2.32. The second kappa shape index (κ2) is 5.56. The highest BCUT2D eigenvalue weighted by atomic mass is 35.5. The zero-order valence-corrected chi connectivity index (χ0v) is 9.59. The van der Waals surface area contributed by atoms with E-state index in [0.29, 0.717) is 12.5 Å². The minimum atomic E-state index is -0.353. The molecule has 1 amide bonds. The number of hydrogen-bond acceptors (Lipinski definition) is 2. The van der Waals surface area contributed by atoms with Crippen LogP contribution >= 0.6 is 11.6 Å². The van der Waals surface area contributed by atoms with Gasteiger partial charge in [-0.2, -0.15) is 0 Å². The minimum Gasteiger partial charge on any atom is -0.381 e. The Morgan fingerprint density at radius 3 is 2.57 bits per heavy atom. The molecule has 4 heteroatoms. The minimum absolute atomic E-state index is 0.0729. The Kier molecular flexibility index (Phi) is 4.69. The maximum atomic E-state index is 11.7. The molecule has 0 aromatic heterocycles. The van der Waals surface area contributed by atoms with Crippen molar-refractivity contribution in [1.29, 1.82) is 0 Å². The fraction of sp³-hybridized carbons (Fsp3) is 0.900. The largest absolute Gasteiger partial charge is 0.381 e. The first-order valence-corrected chi connectivity index (χ1v) is 5.58. The fourth-order valence-corrected chi connectivity index (χ4v) is 1.82. The summed E-state index contributed by atoms with van der Waals surface area (Å²) in [6, 6.07) is 0. The van der Waals surface area contributed by atoms with Crippen LogP contribution in [0.3, 0.4) is 0 Å². The Labute approximate surface area is 90.4 Å². The zero-order chi connectivity index (χ0) is 10.6. The summed E-state index contributed by atoms with van der Waals surface area (Å²) in [6.45, 7) is 3.48. The molecule has 1 rings (SSSR count). The SMILES string of the molecule is CCC(Cl)C(=O)N1CCC(OC)CC1. The molecule has 1 fully saturated rings. The second-order valence-electron chi connectivity index (χ2n) is 3.64. The van der Waals surface area contributed by atoms with E-state index >= 15 is 0 Å². The number of halogens is 1. The van der Waals surface area contributed by atoms with Gasteiger partial charge in [0.15, 0.2) is 0 Å². The van der Waals surface area contributed by atoms with E-state index in [1.165, 1.54) is 0 Å². The third-order valence-corrected chi connectivity index (χ3v) is 3.21. The number of alkyl halides is 1. The molecule has 0 aromatic rings. The van der Waals surface area contributed by atoms with Crippen LogP contribution in [0.5, 0.6) is 0 Å². The number of amides is 1. The van der Waals surface area contributed by atoms with Crippen molar-refractivity contribution in [2.75, 3.05) is 20.2 Å². The third-order valence-electron chi connectivity index (χ3n) is 2.71. The summed E-state index contributed by atoms with van der Waals surface area (Å²) in [6.07, 6.45) is 2.87. The monoisotopic (exact) mass is 219 g/mol. The standard InChI is InChI=1S/C10H18ClNO2/c1-3-9(11)10(13)12-6-4-8(14-2)5-7-12/h8-9H,3-7H2,1-2H3. The average molecular weight is 220 g/mol. The Hall–Kier alpha value is -0.280. The molecule has 82 valence electrons. The van der Waals surface area contributed by atoms with E-state index in [9.17, 15) is 4.79 Å². The predicted molar refractivity (Wildman–Crippen MR) is 56.5 cm³/mol. The van der Waals surface area contributed by atoms with Crippen molar-refractivity contribution < 1.29 is 9.53 Å². The van der Waals surface area contributed by atoms with Crippen molar-refractivity contribution in [1.82, 2.24) is 4.90 Å². The topological polar surface area (TPSA) is 29.5 Å². The summed E-state index contributed by atoms with van der Waals surface area (Å²) >= 11 is 5.90. The number of carbonyl (C=O) groups is 1. The molecule has 0 spiro atoms. The molecule has 0 aliphatic carbocycles.